The first kappa shape index (κ1) is 13.8. The molecule has 3 rings (SSSR count). The molecule has 1 aliphatic rings. The maximum Gasteiger partial charge on any atom is 0.185 e. The molecular formula is C14H19N5O2. The van der Waals surface area contributed by atoms with Gasteiger partial charge in [0, 0.05) is 24.3 Å². The van der Waals surface area contributed by atoms with Crippen LogP contribution in [-0.2, 0) is 11.3 Å². The minimum absolute atomic E-state index is 0.445. The monoisotopic (exact) mass is 289 g/mol. The van der Waals surface area contributed by atoms with E-state index in [0.29, 0.717) is 23.2 Å². The lowest BCUT2D eigenvalue weighted by Gasteiger charge is -2.22. The minimum atomic E-state index is 0.445. The zero-order valence-electron chi connectivity index (χ0n) is 12.0. The summed E-state index contributed by atoms with van der Waals surface area (Å²) >= 11 is 0. The Balaban J connectivity index is 1.88. The average Bonchev–Trinajstić information content (AvgIpc) is 2.96. The van der Waals surface area contributed by atoms with E-state index in [-0.39, 0.29) is 0 Å². The van der Waals surface area contributed by atoms with Gasteiger partial charge in [-0.1, -0.05) is 0 Å². The summed E-state index contributed by atoms with van der Waals surface area (Å²) in [7, 11) is 1.61. The summed E-state index contributed by atoms with van der Waals surface area (Å²) in [6.45, 7) is 2.36. The molecule has 1 atom stereocenters. The van der Waals surface area contributed by atoms with Gasteiger partial charge in [0.2, 0.25) is 0 Å². The highest BCUT2D eigenvalue weighted by Crippen LogP contribution is 2.30. The standard InChI is InChI=1S/C14H19N5O2/c1-20-13-7-11(15)4-5-12(13)14-16-17-18-19(14)8-10-3-2-6-21-9-10/h4-5,7,10H,2-3,6,8-9,15H2,1H3. The molecule has 1 saturated heterocycles. The Bertz CT molecular complexity index is 607. The Morgan fingerprint density at radius 3 is 3.14 bits per heavy atom. The van der Waals surface area contributed by atoms with Crippen LogP contribution in [0.25, 0.3) is 11.4 Å². The summed E-state index contributed by atoms with van der Waals surface area (Å²) in [5.41, 5.74) is 7.28. The first-order valence-electron chi connectivity index (χ1n) is 7.05. The Morgan fingerprint density at radius 1 is 1.48 bits per heavy atom. The molecule has 1 aromatic heterocycles. The molecule has 1 fully saturated rings. The van der Waals surface area contributed by atoms with Crippen molar-refractivity contribution in [1.82, 2.24) is 20.2 Å². The zero-order chi connectivity index (χ0) is 14.7. The molecule has 2 heterocycles. The van der Waals surface area contributed by atoms with Crippen LogP contribution in [0.5, 0.6) is 5.75 Å². The summed E-state index contributed by atoms with van der Waals surface area (Å²) in [5.74, 6) is 1.81. The van der Waals surface area contributed by atoms with Crippen LogP contribution in [0.2, 0.25) is 0 Å². The van der Waals surface area contributed by atoms with Crippen molar-refractivity contribution in [3.8, 4) is 17.1 Å². The molecule has 21 heavy (non-hydrogen) atoms. The molecule has 0 aliphatic carbocycles. The third-order valence-corrected chi connectivity index (χ3v) is 3.68. The highest BCUT2D eigenvalue weighted by Gasteiger charge is 2.19. The number of ether oxygens (including phenoxy) is 2. The average molecular weight is 289 g/mol. The fraction of sp³-hybridized carbons (Fsp3) is 0.500. The summed E-state index contributed by atoms with van der Waals surface area (Å²) in [6, 6.07) is 5.48. The van der Waals surface area contributed by atoms with Gasteiger partial charge in [0.1, 0.15) is 5.75 Å². The van der Waals surface area contributed by atoms with Crippen LogP contribution in [0.15, 0.2) is 18.2 Å². The van der Waals surface area contributed by atoms with Crippen LogP contribution in [-0.4, -0.2) is 40.5 Å². The molecule has 1 aromatic carbocycles. The number of tetrazole rings is 1. The molecular weight excluding hydrogens is 270 g/mol. The molecule has 7 heteroatoms. The van der Waals surface area contributed by atoms with Crippen LogP contribution >= 0.6 is 0 Å². The van der Waals surface area contributed by atoms with Crippen molar-refractivity contribution in [3.63, 3.8) is 0 Å². The molecule has 0 radical (unpaired) electrons. The lowest BCUT2D eigenvalue weighted by molar-refractivity contribution is 0.0470. The fourth-order valence-electron chi connectivity index (χ4n) is 2.61. The Kier molecular flexibility index (Phi) is 4.01. The van der Waals surface area contributed by atoms with E-state index in [1.165, 1.54) is 0 Å². The van der Waals surface area contributed by atoms with Crippen molar-refractivity contribution in [1.29, 1.82) is 0 Å². The van der Waals surface area contributed by atoms with Crippen molar-refractivity contribution in [3.05, 3.63) is 18.2 Å². The van der Waals surface area contributed by atoms with Gasteiger partial charge in [-0.25, -0.2) is 4.68 Å². The van der Waals surface area contributed by atoms with Gasteiger partial charge >= 0.3 is 0 Å². The number of rotatable bonds is 4. The third-order valence-electron chi connectivity index (χ3n) is 3.68. The van der Waals surface area contributed by atoms with E-state index >= 15 is 0 Å². The molecule has 1 unspecified atom stereocenters. The van der Waals surface area contributed by atoms with Crippen molar-refractivity contribution in [2.24, 2.45) is 5.92 Å². The highest BCUT2D eigenvalue weighted by atomic mass is 16.5. The van der Waals surface area contributed by atoms with Gasteiger partial charge in [-0.2, -0.15) is 0 Å². The quantitative estimate of drug-likeness (QED) is 0.855. The normalized spacial score (nSPS) is 18.6. The second-order valence-corrected chi connectivity index (χ2v) is 5.23. The van der Waals surface area contributed by atoms with E-state index in [2.05, 4.69) is 15.5 Å². The van der Waals surface area contributed by atoms with Crippen molar-refractivity contribution < 1.29 is 9.47 Å². The maximum absolute atomic E-state index is 5.79. The van der Waals surface area contributed by atoms with E-state index in [0.717, 1.165) is 38.2 Å². The van der Waals surface area contributed by atoms with Crippen LogP contribution in [0.1, 0.15) is 12.8 Å². The number of methoxy groups -OCH3 is 1. The van der Waals surface area contributed by atoms with E-state index in [1.54, 1.807) is 13.2 Å². The number of hydrogen-bond donors (Lipinski definition) is 1. The van der Waals surface area contributed by atoms with Crippen LogP contribution in [0.3, 0.4) is 0 Å². The Labute approximate surface area is 123 Å². The van der Waals surface area contributed by atoms with Crippen LogP contribution in [0, 0.1) is 5.92 Å². The number of anilines is 1. The number of nitrogen functional groups attached to an aromatic ring is 1. The van der Waals surface area contributed by atoms with E-state index in [4.69, 9.17) is 15.2 Å². The smallest absolute Gasteiger partial charge is 0.185 e. The first-order valence-corrected chi connectivity index (χ1v) is 7.05. The summed E-state index contributed by atoms with van der Waals surface area (Å²) in [5, 5.41) is 12.0. The SMILES string of the molecule is COc1cc(N)ccc1-c1nnnn1CC1CCCOC1. The van der Waals surface area contributed by atoms with Gasteiger partial charge in [-0.05, 0) is 35.4 Å². The number of nitrogens with zero attached hydrogens (tertiary/aromatic N) is 4. The van der Waals surface area contributed by atoms with Gasteiger partial charge < -0.3 is 15.2 Å². The third kappa shape index (κ3) is 2.97. The second kappa shape index (κ2) is 6.09. The van der Waals surface area contributed by atoms with Crippen molar-refractivity contribution in [2.75, 3.05) is 26.1 Å². The molecule has 2 aromatic rings. The predicted molar refractivity (Wildman–Crippen MR) is 77.8 cm³/mol. The molecule has 0 bridgehead atoms. The number of hydrogen-bond acceptors (Lipinski definition) is 6. The number of aromatic nitrogens is 4. The highest BCUT2D eigenvalue weighted by molar-refractivity contribution is 5.67. The van der Waals surface area contributed by atoms with Gasteiger partial charge in [0.25, 0.3) is 0 Å². The Hall–Kier alpha value is -2.15. The molecule has 0 spiro atoms. The van der Waals surface area contributed by atoms with Crippen molar-refractivity contribution >= 4 is 5.69 Å². The fourth-order valence-corrected chi connectivity index (χ4v) is 2.61. The molecule has 2 N–H and O–H groups in total. The largest absolute Gasteiger partial charge is 0.496 e. The number of benzene rings is 1. The topological polar surface area (TPSA) is 88.1 Å². The maximum atomic E-state index is 5.79. The molecule has 7 nitrogen and oxygen atoms in total. The molecule has 112 valence electrons. The van der Waals surface area contributed by atoms with Gasteiger partial charge in [-0.3, -0.25) is 0 Å². The second-order valence-electron chi connectivity index (χ2n) is 5.23. The van der Waals surface area contributed by atoms with E-state index < -0.39 is 0 Å². The summed E-state index contributed by atoms with van der Waals surface area (Å²) < 4.78 is 12.7. The van der Waals surface area contributed by atoms with Crippen molar-refractivity contribution in [2.45, 2.75) is 19.4 Å². The molecule has 0 saturated carbocycles. The Morgan fingerprint density at radius 2 is 2.38 bits per heavy atom. The van der Waals surface area contributed by atoms with E-state index in [9.17, 15) is 0 Å². The minimum Gasteiger partial charge on any atom is -0.496 e. The zero-order valence-corrected chi connectivity index (χ0v) is 12.0. The number of nitrogens with two attached hydrogens (primary N) is 1. The van der Waals surface area contributed by atoms with Gasteiger partial charge in [-0.15, -0.1) is 5.10 Å². The lowest BCUT2D eigenvalue weighted by Crippen LogP contribution is -2.23. The van der Waals surface area contributed by atoms with Gasteiger partial charge in [0.15, 0.2) is 5.82 Å². The van der Waals surface area contributed by atoms with Gasteiger partial charge in [0.05, 0.1) is 25.8 Å². The lowest BCUT2D eigenvalue weighted by atomic mass is 10.0. The predicted octanol–water partition coefficient (Wildman–Crippen LogP) is 1.36. The summed E-state index contributed by atoms with van der Waals surface area (Å²) in [6.07, 6.45) is 2.23. The first-order chi connectivity index (χ1) is 10.3. The summed E-state index contributed by atoms with van der Waals surface area (Å²) in [4.78, 5) is 0. The molecule has 1 aliphatic heterocycles. The van der Waals surface area contributed by atoms with Crippen LogP contribution in [0.4, 0.5) is 5.69 Å². The van der Waals surface area contributed by atoms with E-state index in [1.807, 2.05) is 16.8 Å². The molecule has 0 amide bonds. The van der Waals surface area contributed by atoms with Crippen LogP contribution < -0.4 is 10.5 Å².